The first-order valence-electron chi connectivity index (χ1n) is 11.0. The average Bonchev–Trinajstić information content (AvgIpc) is 3.29. The molecule has 37 heavy (non-hydrogen) atoms. The van der Waals surface area contributed by atoms with Crippen LogP contribution in [0.3, 0.4) is 0 Å². The largest absolute Gasteiger partial charge is 0.506 e. The van der Waals surface area contributed by atoms with Crippen molar-refractivity contribution in [2.24, 2.45) is 5.10 Å². The van der Waals surface area contributed by atoms with Gasteiger partial charge in [-0.05, 0) is 92.9 Å². The molecule has 1 aromatic heterocycles. The molecule has 0 spiro atoms. The predicted molar refractivity (Wildman–Crippen MR) is 155 cm³/mol. The van der Waals surface area contributed by atoms with E-state index >= 15 is 0 Å². The third kappa shape index (κ3) is 7.13. The summed E-state index contributed by atoms with van der Waals surface area (Å²) in [5, 5.41) is 26.7. The third-order valence-corrected chi connectivity index (χ3v) is 7.59. The van der Waals surface area contributed by atoms with Crippen molar-refractivity contribution in [2.75, 3.05) is 5.32 Å². The number of hydrazone groups is 1. The fourth-order valence-corrected chi connectivity index (χ4v) is 5.44. The molecule has 8 nitrogen and oxygen atoms in total. The number of carbonyl (C=O) groups excluding carboxylic acids is 1. The van der Waals surface area contributed by atoms with E-state index in [1.54, 1.807) is 19.1 Å². The lowest BCUT2D eigenvalue weighted by Gasteiger charge is -2.13. The maximum Gasteiger partial charge on any atom is 0.253 e. The number of phenolic OH excluding ortho intramolecular Hbond substituents is 1. The van der Waals surface area contributed by atoms with Crippen LogP contribution in [0.1, 0.15) is 18.3 Å². The molecule has 0 saturated carbocycles. The molecule has 4 rings (SSSR count). The van der Waals surface area contributed by atoms with Crippen LogP contribution >= 0.6 is 55.2 Å². The molecule has 190 valence electrons. The predicted octanol–water partition coefficient (Wildman–Crippen LogP) is 6.39. The van der Waals surface area contributed by atoms with Gasteiger partial charge in [0.2, 0.25) is 0 Å². The number of nitrogens with one attached hydrogen (secondary N) is 2. The van der Waals surface area contributed by atoms with Crippen LogP contribution in [0.4, 0.5) is 5.69 Å². The molecular formula is C25H21Br2ClN6O2S. The number of phenols is 1. The number of halogens is 3. The van der Waals surface area contributed by atoms with Crippen molar-refractivity contribution in [3.8, 4) is 11.4 Å². The average molecular weight is 665 g/mol. The number of aromatic hydroxyl groups is 1. The lowest BCUT2D eigenvalue weighted by atomic mass is 10.2. The molecule has 1 heterocycles. The second-order valence-electron chi connectivity index (χ2n) is 7.76. The Bertz CT molecular complexity index is 1390. The molecule has 1 atom stereocenters. The summed E-state index contributed by atoms with van der Waals surface area (Å²) in [6.45, 7) is 2.20. The summed E-state index contributed by atoms with van der Waals surface area (Å²) in [5.41, 5.74) is 5.04. The number of benzene rings is 3. The highest BCUT2D eigenvalue weighted by atomic mass is 79.9. The number of aromatic nitrogens is 3. The molecule has 12 heteroatoms. The number of anilines is 1. The van der Waals surface area contributed by atoms with Crippen LogP contribution in [0.25, 0.3) is 5.69 Å². The highest BCUT2D eigenvalue weighted by Crippen LogP contribution is 2.33. The Kier molecular flexibility index (Phi) is 9.25. The normalized spacial score (nSPS) is 12.0. The van der Waals surface area contributed by atoms with Crippen molar-refractivity contribution < 1.29 is 9.90 Å². The highest BCUT2D eigenvalue weighted by Gasteiger charge is 2.21. The smallest absolute Gasteiger partial charge is 0.253 e. The molecule has 4 aromatic rings. The van der Waals surface area contributed by atoms with E-state index in [0.29, 0.717) is 37.1 Å². The van der Waals surface area contributed by atoms with E-state index in [0.717, 1.165) is 11.4 Å². The minimum Gasteiger partial charge on any atom is -0.506 e. The van der Waals surface area contributed by atoms with Crippen LogP contribution in [0.15, 0.2) is 85.9 Å². The van der Waals surface area contributed by atoms with Gasteiger partial charge in [0.1, 0.15) is 5.75 Å². The first kappa shape index (κ1) is 27.2. The van der Waals surface area contributed by atoms with E-state index in [2.05, 4.69) is 57.9 Å². The second kappa shape index (κ2) is 12.6. The van der Waals surface area contributed by atoms with Gasteiger partial charge in [-0.15, -0.1) is 10.2 Å². The van der Waals surface area contributed by atoms with Crippen molar-refractivity contribution in [1.82, 2.24) is 20.2 Å². The molecule has 3 N–H and O–H groups in total. The first-order chi connectivity index (χ1) is 17.8. The number of hydrogen-bond donors (Lipinski definition) is 3. The number of nitrogens with zero attached hydrogens (tertiary/aromatic N) is 4. The number of thioether (sulfide) groups is 1. The van der Waals surface area contributed by atoms with Gasteiger partial charge in [0, 0.05) is 16.4 Å². The van der Waals surface area contributed by atoms with Gasteiger partial charge in [0.05, 0.1) is 27.0 Å². The Morgan fingerprint density at radius 2 is 1.81 bits per heavy atom. The standard InChI is InChI=1S/C25H21Br2ClN6O2S/c1-15(24(36)32-30-13-16-11-20(26)23(35)21(27)12-16)37-25-33-31-22(34(25)19-5-3-2-4-6-19)14-29-18-9-7-17(28)8-10-18/h2-13,15,29,35H,14H2,1H3,(H,32,36)/b30-13-/t15-/m0/s1. The Labute approximate surface area is 239 Å². The number of carbonyl (C=O) groups is 1. The van der Waals surface area contributed by atoms with Gasteiger partial charge in [-0.3, -0.25) is 9.36 Å². The van der Waals surface area contributed by atoms with Crippen molar-refractivity contribution >= 4 is 73.0 Å². The maximum atomic E-state index is 12.7. The van der Waals surface area contributed by atoms with E-state index in [4.69, 9.17) is 11.6 Å². The summed E-state index contributed by atoms with van der Waals surface area (Å²) in [6.07, 6.45) is 1.50. The van der Waals surface area contributed by atoms with Gasteiger partial charge in [-0.1, -0.05) is 41.6 Å². The fourth-order valence-electron chi connectivity index (χ4n) is 3.21. The molecule has 0 radical (unpaired) electrons. The number of amides is 1. The SMILES string of the molecule is C[C@H](Sc1nnc(CNc2ccc(Cl)cc2)n1-c1ccccc1)C(=O)N/N=C\c1cc(Br)c(O)c(Br)c1. The Hall–Kier alpha value is -2.86. The van der Waals surface area contributed by atoms with E-state index in [-0.39, 0.29) is 11.7 Å². The van der Waals surface area contributed by atoms with E-state index in [1.165, 1.54) is 18.0 Å². The second-order valence-corrected chi connectivity index (χ2v) is 11.2. The fraction of sp³-hybridized carbons (Fsp3) is 0.120. The maximum absolute atomic E-state index is 12.7. The highest BCUT2D eigenvalue weighted by molar-refractivity contribution is 9.11. The molecule has 0 unspecified atom stereocenters. The van der Waals surface area contributed by atoms with Gasteiger partial charge in [-0.25, -0.2) is 5.43 Å². The number of para-hydroxylation sites is 1. The van der Waals surface area contributed by atoms with Crippen LogP contribution in [0.5, 0.6) is 5.75 Å². The summed E-state index contributed by atoms with van der Waals surface area (Å²) in [7, 11) is 0. The molecule has 1 amide bonds. The number of hydrogen-bond acceptors (Lipinski definition) is 7. The van der Waals surface area contributed by atoms with Gasteiger partial charge in [0.15, 0.2) is 11.0 Å². The van der Waals surface area contributed by atoms with E-state index in [9.17, 15) is 9.90 Å². The van der Waals surface area contributed by atoms with Crippen molar-refractivity contribution in [1.29, 1.82) is 0 Å². The summed E-state index contributed by atoms with van der Waals surface area (Å²) in [4.78, 5) is 12.7. The van der Waals surface area contributed by atoms with Crippen LogP contribution in [-0.2, 0) is 11.3 Å². The van der Waals surface area contributed by atoms with Crippen molar-refractivity contribution in [3.63, 3.8) is 0 Å². The van der Waals surface area contributed by atoms with Crippen molar-refractivity contribution in [3.05, 3.63) is 92.1 Å². The minimum absolute atomic E-state index is 0.0940. The molecule has 0 bridgehead atoms. The summed E-state index contributed by atoms with van der Waals surface area (Å²) in [5.74, 6) is 0.496. The Morgan fingerprint density at radius 1 is 1.14 bits per heavy atom. The van der Waals surface area contributed by atoms with E-state index < -0.39 is 5.25 Å². The van der Waals surface area contributed by atoms with E-state index in [1.807, 2.05) is 59.2 Å². The summed E-state index contributed by atoms with van der Waals surface area (Å²) < 4.78 is 2.95. The molecular weight excluding hydrogens is 644 g/mol. The molecule has 0 saturated heterocycles. The number of rotatable bonds is 9. The molecule has 0 aliphatic carbocycles. The zero-order chi connectivity index (χ0) is 26.4. The van der Waals surface area contributed by atoms with Gasteiger partial charge < -0.3 is 10.4 Å². The Morgan fingerprint density at radius 3 is 2.49 bits per heavy atom. The molecule has 3 aromatic carbocycles. The molecule has 0 aliphatic heterocycles. The van der Waals surface area contributed by atoms with Gasteiger partial charge >= 0.3 is 0 Å². The molecule has 0 fully saturated rings. The topological polar surface area (TPSA) is 104 Å². The van der Waals surface area contributed by atoms with Gasteiger partial charge in [0.25, 0.3) is 5.91 Å². The summed E-state index contributed by atoms with van der Waals surface area (Å²) >= 11 is 13.8. The zero-order valence-corrected chi connectivity index (χ0v) is 24.1. The summed E-state index contributed by atoms with van der Waals surface area (Å²) in [6, 6.07) is 20.5. The van der Waals surface area contributed by atoms with Crippen LogP contribution in [-0.4, -0.2) is 37.2 Å². The third-order valence-electron chi connectivity index (χ3n) is 5.09. The van der Waals surface area contributed by atoms with Crippen molar-refractivity contribution in [2.45, 2.75) is 23.9 Å². The van der Waals surface area contributed by atoms with Gasteiger partial charge in [-0.2, -0.15) is 5.10 Å². The monoisotopic (exact) mass is 662 g/mol. The lowest BCUT2D eigenvalue weighted by Crippen LogP contribution is -2.27. The Balaban J connectivity index is 1.46. The first-order valence-corrected chi connectivity index (χ1v) is 13.8. The van der Waals surface area contributed by atoms with Crippen LogP contribution in [0, 0.1) is 0 Å². The van der Waals surface area contributed by atoms with Crippen LogP contribution in [0.2, 0.25) is 5.02 Å². The lowest BCUT2D eigenvalue weighted by molar-refractivity contribution is -0.120. The molecule has 0 aliphatic rings. The minimum atomic E-state index is -0.501. The van der Waals surface area contributed by atoms with Crippen LogP contribution < -0.4 is 10.7 Å². The zero-order valence-electron chi connectivity index (χ0n) is 19.4. The quantitative estimate of drug-likeness (QED) is 0.109.